The van der Waals surface area contributed by atoms with Crippen molar-refractivity contribution in [2.24, 2.45) is 0 Å². The number of hydrogen-bond donors (Lipinski definition) is 1. The van der Waals surface area contributed by atoms with Gasteiger partial charge < -0.3 is 10.1 Å². The zero-order valence-electron chi connectivity index (χ0n) is 9.71. The zero-order chi connectivity index (χ0) is 10.5. The van der Waals surface area contributed by atoms with Gasteiger partial charge in [-0.1, -0.05) is 6.42 Å². The summed E-state index contributed by atoms with van der Waals surface area (Å²) in [5, 5.41) is 4.37. The molecule has 2 rings (SSSR count). The summed E-state index contributed by atoms with van der Waals surface area (Å²) in [7, 11) is 0. The smallest absolute Gasteiger partial charge is 0.0666 e. The molecule has 2 saturated heterocycles. The molecule has 2 aliphatic heterocycles. The van der Waals surface area contributed by atoms with Crippen LogP contribution in [0, 0.1) is 0 Å². The second kappa shape index (κ2) is 6.12. The molecule has 0 aromatic heterocycles. The SMILES string of the molecule is CC1OCCC1SCCC1CCCCN1. The molecule has 3 heteroatoms. The Morgan fingerprint density at radius 2 is 2.27 bits per heavy atom. The van der Waals surface area contributed by atoms with Crippen molar-refractivity contribution >= 4 is 11.8 Å². The van der Waals surface area contributed by atoms with Gasteiger partial charge in [-0.15, -0.1) is 0 Å². The fourth-order valence-corrected chi connectivity index (χ4v) is 3.80. The van der Waals surface area contributed by atoms with Crippen molar-refractivity contribution in [3.63, 3.8) is 0 Å². The predicted molar refractivity (Wildman–Crippen MR) is 66.5 cm³/mol. The molecular weight excluding hydrogens is 206 g/mol. The number of thioether (sulfide) groups is 1. The van der Waals surface area contributed by atoms with Crippen LogP contribution in [-0.2, 0) is 4.74 Å². The van der Waals surface area contributed by atoms with Gasteiger partial charge in [-0.25, -0.2) is 0 Å². The third-order valence-electron chi connectivity index (χ3n) is 3.52. The Morgan fingerprint density at radius 1 is 1.33 bits per heavy atom. The van der Waals surface area contributed by atoms with Gasteiger partial charge in [-0.2, -0.15) is 11.8 Å². The summed E-state index contributed by atoms with van der Waals surface area (Å²) in [5.41, 5.74) is 0. The van der Waals surface area contributed by atoms with Crippen LogP contribution in [0.4, 0.5) is 0 Å². The quantitative estimate of drug-likeness (QED) is 0.800. The van der Waals surface area contributed by atoms with E-state index in [1.54, 1.807) is 0 Å². The molecule has 3 unspecified atom stereocenters. The van der Waals surface area contributed by atoms with Crippen molar-refractivity contribution in [3.8, 4) is 0 Å². The van der Waals surface area contributed by atoms with Gasteiger partial charge in [0.2, 0.25) is 0 Å². The Labute approximate surface area is 97.5 Å². The molecule has 15 heavy (non-hydrogen) atoms. The summed E-state index contributed by atoms with van der Waals surface area (Å²) in [5.74, 6) is 1.30. The van der Waals surface area contributed by atoms with E-state index in [9.17, 15) is 0 Å². The lowest BCUT2D eigenvalue weighted by atomic mass is 10.0. The number of hydrogen-bond acceptors (Lipinski definition) is 3. The first-order chi connectivity index (χ1) is 7.36. The molecular formula is C12H23NOS. The normalized spacial score (nSPS) is 37.0. The van der Waals surface area contributed by atoms with Gasteiger partial charge in [-0.05, 0) is 44.9 Å². The second-order valence-electron chi connectivity index (χ2n) is 4.71. The van der Waals surface area contributed by atoms with E-state index >= 15 is 0 Å². The summed E-state index contributed by atoms with van der Waals surface area (Å²) < 4.78 is 5.57. The number of rotatable bonds is 4. The lowest BCUT2D eigenvalue weighted by Crippen LogP contribution is -2.34. The molecule has 0 radical (unpaired) electrons. The summed E-state index contributed by atoms with van der Waals surface area (Å²) >= 11 is 2.12. The van der Waals surface area contributed by atoms with Crippen LogP contribution in [0.1, 0.15) is 39.0 Å². The first-order valence-electron chi connectivity index (χ1n) is 6.33. The van der Waals surface area contributed by atoms with Crippen molar-refractivity contribution in [3.05, 3.63) is 0 Å². The van der Waals surface area contributed by atoms with Crippen molar-refractivity contribution in [1.82, 2.24) is 5.32 Å². The summed E-state index contributed by atoms with van der Waals surface area (Å²) in [4.78, 5) is 0. The maximum atomic E-state index is 5.57. The van der Waals surface area contributed by atoms with Crippen LogP contribution < -0.4 is 5.32 Å². The van der Waals surface area contributed by atoms with Crippen molar-refractivity contribution in [1.29, 1.82) is 0 Å². The van der Waals surface area contributed by atoms with Crippen LogP contribution in [0.5, 0.6) is 0 Å². The molecule has 0 amide bonds. The summed E-state index contributed by atoms with van der Waals surface area (Å²) in [6.45, 7) is 4.42. The molecule has 0 aromatic carbocycles. The average Bonchev–Trinajstić information content (AvgIpc) is 2.66. The molecule has 1 N–H and O–H groups in total. The second-order valence-corrected chi connectivity index (χ2v) is 6.06. The van der Waals surface area contributed by atoms with Gasteiger partial charge in [-0.3, -0.25) is 0 Å². The summed E-state index contributed by atoms with van der Waals surface area (Å²) in [6, 6.07) is 0.795. The van der Waals surface area contributed by atoms with E-state index in [4.69, 9.17) is 4.74 Å². The zero-order valence-corrected chi connectivity index (χ0v) is 10.5. The highest BCUT2D eigenvalue weighted by Crippen LogP contribution is 2.27. The minimum absolute atomic E-state index is 0.481. The molecule has 88 valence electrons. The van der Waals surface area contributed by atoms with Crippen LogP contribution in [0.25, 0.3) is 0 Å². The van der Waals surface area contributed by atoms with Crippen LogP contribution >= 0.6 is 11.8 Å². The Hall–Kier alpha value is 0.270. The van der Waals surface area contributed by atoms with E-state index in [-0.39, 0.29) is 0 Å². The van der Waals surface area contributed by atoms with E-state index < -0.39 is 0 Å². The predicted octanol–water partition coefficient (Wildman–Crippen LogP) is 2.43. The average molecular weight is 229 g/mol. The minimum Gasteiger partial charge on any atom is -0.377 e. The van der Waals surface area contributed by atoms with E-state index in [1.807, 2.05) is 0 Å². The first-order valence-corrected chi connectivity index (χ1v) is 7.38. The first kappa shape index (κ1) is 11.7. The topological polar surface area (TPSA) is 21.3 Å². The van der Waals surface area contributed by atoms with Crippen molar-refractivity contribution in [2.75, 3.05) is 18.9 Å². The molecule has 0 saturated carbocycles. The molecule has 2 heterocycles. The minimum atomic E-state index is 0.481. The summed E-state index contributed by atoms with van der Waals surface area (Å²) in [6.07, 6.45) is 7.26. The van der Waals surface area contributed by atoms with Crippen LogP contribution in [0.2, 0.25) is 0 Å². The molecule has 0 spiro atoms. The van der Waals surface area contributed by atoms with E-state index in [0.29, 0.717) is 6.10 Å². The molecule has 0 aliphatic carbocycles. The number of ether oxygens (including phenoxy) is 1. The fraction of sp³-hybridized carbons (Fsp3) is 1.00. The van der Waals surface area contributed by atoms with Gasteiger partial charge >= 0.3 is 0 Å². The Bertz CT molecular complexity index is 182. The van der Waals surface area contributed by atoms with Crippen molar-refractivity contribution < 1.29 is 4.74 Å². The number of nitrogens with one attached hydrogen (secondary N) is 1. The lowest BCUT2D eigenvalue weighted by Gasteiger charge is -2.24. The third kappa shape index (κ3) is 3.65. The van der Waals surface area contributed by atoms with Gasteiger partial charge in [0, 0.05) is 17.9 Å². The highest BCUT2D eigenvalue weighted by atomic mass is 32.2. The van der Waals surface area contributed by atoms with Gasteiger partial charge in [0.05, 0.1) is 6.10 Å². The number of piperidine rings is 1. The highest BCUT2D eigenvalue weighted by Gasteiger charge is 2.24. The largest absolute Gasteiger partial charge is 0.377 e. The third-order valence-corrected chi connectivity index (χ3v) is 5.04. The molecule has 0 bridgehead atoms. The highest BCUT2D eigenvalue weighted by molar-refractivity contribution is 7.99. The Kier molecular flexibility index (Phi) is 4.79. The van der Waals surface area contributed by atoms with Crippen LogP contribution in [-0.4, -0.2) is 36.3 Å². The monoisotopic (exact) mass is 229 g/mol. The van der Waals surface area contributed by atoms with Crippen LogP contribution in [0.15, 0.2) is 0 Å². The van der Waals surface area contributed by atoms with Gasteiger partial charge in [0.25, 0.3) is 0 Å². The Balaban J connectivity index is 1.57. The standard InChI is InChI=1S/C12H23NOS/c1-10-12(5-8-14-10)15-9-6-11-4-2-3-7-13-11/h10-13H,2-9H2,1H3. The Morgan fingerprint density at radius 3 is 2.93 bits per heavy atom. The maximum Gasteiger partial charge on any atom is 0.0666 e. The molecule has 2 nitrogen and oxygen atoms in total. The fourth-order valence-electron chi connectivity index (χ4n) is 2.46. The van der Waals surface area contributed by atoms with Crippen LogP contribution in [0.3, 0.4) is 0 Å². The molecule has 3 atom stereocenters. The van der Waals surface area contributed by atoms with Gasteiger partial charge in [0.1, 0.15) is 0 Å². The van der Waals surface area contributed by atoms with E-state index in [1.165, 1.54) is 44.4 Å². The molecule has 2 fully saturated rings. The van der Waals surface area contributed by atoms with Gasteiger partial charge in [0.15, 0.2) is 0 Å². The van der Waals surface area contributed by atoms with Crippen molar-refractivity contribution in [2.45, 2.75) is 56.4 Å². The molecule has 2 aliphatic rings. The maximum absolute atomic E-state index is 5.57. The molecule has 0 aromatic rings. The van der Waals surface area contributed by atoms with E-state index in [2.05, 4.69) is 24.0 Å². The lowest BCUT2D eigenvalue weighted by molar-refractivity contribution is 0.127. The van der Waals surface area contributed by atoms with E-state index in [0.717, 1.165) is 17.9 Å².